The van der Waals surface area contributed by atoms with Crippen molar-refractivity contribution in [2.45, 2.75) is 38.7 Å². The maximum absolute atomic E-state index is 11.9. The van der Waals surface area contributed by atoms with Crippen LogP contribution in [0.3, 0.4) is 0 Å². The number of hydrogen-bond acceptors (Lipinski definition) is 3. The van der Waals surface area contributed by atoms with E-state index >= 15 is 0 Å². The molecule has 3 atom stereocenters. The van der Waals surface area contributed by atoms with E-state index in [2.05, 4.69) is 19.2 Å². The molecule has 1 spiro atoms. The summed E-state index contributed by atoms with van der Waals surface area (Å²) in [5.74, 6) is 0.230. The van der Waals surface area contributed by atoms with Gasteiger partial charge in [0.25, 0.3) is 0 Å². The van der Waals surface area contributed by atoms with Gasteiger partial charge in [-0.3, -0.25) is 4.79 Å². The summed E-state index contributed by atoms with van der Waals surface area (Å²) in [5.41, 5.74) is 1.19. The molecule has 112 valence electrons. The first-order valence-corrected chi connectivity index (χ1v) is 7.36. The summed E-state index contributed by atoms with van der Waals surface area (Å²) in [6.45, 7) is 6.46. The molecule has 2 aliphatic heterocycles. The topological polar surface area (TPSA) is 47.6 Å². The Kier molecular flexibility index (Phi) is 3.59. The fraction of sp³-hybridized carbons (Fsp3) is 0.471. The van der Waals surface area contributed by atoms with Crippen molar-refractivity contribution in [1.82, 2.24) is 5.32 Å². The molecule has 1 N–H and O–H groups in total. The summed E-state index contributed by atoms with van der Waals surface area (Å²) in [4.78, 5) is 11.9. The van der Waals surface area contributed by atoms with E-state index in [0.717, 1.165) is 11.1 Å². The minimum Gasteiger partial charge on any atom is -0.345 e. The maximum atomic E-state index is 11.9. The van der Waals surface area contributed by atoms with E-state index in [1.807, 2.05) is 43.3 Å². The van der Waals surface area contributed by atoms with Crippen LogP contribution in [-0.4, -0.2) is 24.2 Å². The van der Waals surface area contributed by atoms with Gasteiger partial charge in [0, 0.05) is 11.1 Å². The standard InChI is InChI=1S/C17H21NO3/c1-11(2)14-17(9-12(3)15(19)18-17)10-20-16(21-14)13-7-5-4-6-8-13/h4-9,11,14,16H,10H2,1-3H3,(H,18,19)/t14-,16+,17+/m1/s1. The van der Waals surface area contributed by atoms with Crippen LogP contribution >= 0.6 is 0 Å². The van der Waals surface area contributed by atoms with Crippen LogP contribution in [0.15, 0.2) is 42.0 Å². The maximum Gasteiger partial charge on any atom is 0.247 e. The molecule has 4 nitrogen and oxygen atoms in total. The molecule has 0 aromatic heterocycles. The van der Waals surface area contributed by atoms with Crippen molar-refractivity contribution >= 4 is 5.91 Å². The monoisotopic (exact) mass is 287 g/mol. The van der Waals surface area contributed by atoms with Crippen LogP contribution < -0.4 is 5.32 Å². The summed E-state index contributed by atoms with van der Waals surface area (Å²) in [7, 11) is 0. The first kappa shape index (κ1) is 14.3. The molecule has 0 bridgehead atoms. The molecule has 21 heavy (non-hydrogen) atoms. The molecule has 4 heteroatoms. The van der Waals surface area contributed by atoms with Gasteiger partial charge in [-0.25, -0.2) is 0 Å². The van der Waals surface area contributed by atoms with Crippen LogP contribution in [0, 0.1) is 5.92 Å². The van der Waals surface area contributed by atoms with Crippen molar-refractivity contribution in [1.29, 1.82) is 0 Å². The number of ether oxygens (including phenoxy) is 2. The summed E-state index contributed by atoms with van der Waals surface area (Å²) < 4.78 is 12.1. The predicted octanol–water partition coefficient (Wildman–Crippen LogP) is 2.57. The van der Waals surface area contributed by atoms with Gasteiger partial charge in [-0.15, -0.1) is 0 Å². The highest BCUT2D eigenvalue weighted by Crippen LogP contribution is 2.38. The molecule has 0 unspecified atom stereocenters. The second kappa shape index (κ2) is 5.28. The quantitative estimate of drug-likeness (QED) is 0.909. The Morgan fingerprint density at radius 3 is 2.57 bits per heavy atom. The zero-order valence-corrected chi connectivity index (χ0v) is 12.6. The van der Waals surface area contributed by atoms with Crippen molar-refractivity contribution < 1.29 is 14.3 Å². The van der Waals surface area contributed by atoms with Crippen LogP contribution in [0.1, 0.15) is 32.6 Å². The summed E-state index contributed by atoms with van der Waals surface area (Å²) in [5, 5.41) is 3.04. The molecule has 1 aromatic rings. The number of hydrogen-bond donors (Lipinski definition) is 1. The average Bonchev–Trinajstić information content (AvgIpc) is 2.75. The molecule has 1 saturated heterocycles. The predicted molar refractivity (Wildman–Crippen MR) is 79.5 cm³/mol. The third-order valence-corrected chi connectivity index (χ3v) is 4.11. The molecule has 2 aliphatic rings. The van der Waals surface area contributed by atoms with E-state index in [4.69, 9.17) is 9.47 Å². The third-order valence-electron chi connectivity index (χ3n) is 4.11. The number of amides is 1. The lowest BCUT2D eigenvalue weighted by atomic mass is 9.85. The van der Waals surface area contributed by atoms with Gasteiger partial charge in [-0.2, -0.15) is 0 Å². The van der Waals surface area contributed by atoms with E-state index in [1.165, 1.54) is 0 Å². The molecular formula is C17H21NO3. The average molecular weight is 287 g/mol. The highest BCUT2D eigenvalue weighted by molar-refractivity contribution is 5.96. The second-order valence-corrected chi connectivity index (χ2v) is 6.18. The Bertz CT molecular complexity index is 567. The lowest BCUT2D eigenvalue weighted by Crippen LogP contribution is -2.61. The number of rotatable bonds is 2. The Morgan fingerprint density at radius 2 is 2.00 bits per heavy atom. The molecular weight excluding hydrogens is 266 g/mol. The molecule has 1 fully saturated rings. The van der Waals surface area contributed by atoms with Crippen LogP contribution in [0.2, 0.25) is 0 Å². The zero-order valence-electron chi connectivity index (χ0n) is 12.6. The van der Waals surface area contributed by atoms with E-state index < -0.39 is 5.54 Å². The highest BCUT2D eigenvalue weighted by atomic mass is 16.7. The van der Waals surface area contributed by atoms with Crippen LogP contribution in [0.4, 0.5) is 0 Å². The first-order valence-electron chi connectivity index (χ1n) is 7.36. The lowest BCUT2D eigenvalue weighted by molar-refractivity contribution is -0.253. The Morgan fingerprint density at radius 1 is 1.29 bits per heavy atom. The van der Waals surface area contributed by atoms with Crippen molar-refractivity contribution in [2.24, 2.45) is 5.92 Å². The summed E-state index contributed by atoms with van der Waals surface area (Å²) in [6.07, 6.45) is 1.47. The van der Waals surface area contributed by atoms with E-state index in [0.29, 0.717) is 6.61 Å². The van der Waals surface area contributed by atoms with Crippen molar-refractivity contribution in [2.75, 3.05) is 6.61 Å². The van der Waals surface area contributed by atoms with Gasteiger partial charge < -0.3 is 14.8 Å². The van der Waals surface area contributed by atoms with E-state index in [1.54, 1.807) is 0 Å². The van der Waals surface area contributed by atoms with Crippen molar-refractivity contribution in [3.8, 4) is 0 Å². The highest BCUT2D eigenvalue weighted by Gasteiger charge is 2.49. The van der Waals surface area contributed by atoms with Crippen molar-refractivity contribution in [3.05, 3.63) is 47.5 Å². The van der Waals surface area contributed by atoms with Gasteiger partial charge in [0.2, 0.25) is 5.91 Å². The summed E-state index contributed by atoms with van der Waals surface area (Å²) in [6, 6.07) is 9.90. The van der Waals surface area contributed by atoms with Gasteiger partial charge in [-0.05, 0) is 18.9 Å². The van der Waals surface area contributed by atoms with Gasteiger partial charge >= 0.3 is 0 Å². The summed E-state index contributed by atoms with van der Waals surface area (Å²) >= 11 is 0. The number of benzene rings is 1. The molecule has 3 rings (SSSR count). The van der Waals surface area contributed by atoms with Gasteiger partial charge in [0.15, 0.2) is 6.29 Å². The Labute approximate surface area is 125 Å². The minimum absolute atomic E-state index is 0.0361. The fourth-order valence-electron chi connectivity index (χ4n) is 3.16. The molecule has 1 amide bonds. The molecule has 0 aliphatic carbocycles. The van der Waals surface area contributed by atoms with E-state index in [9.17, 15) is 4.79 Å². The normalized spacial score (nSPS) is 32.4. The Hall–Kier alpha value is -1.65. The zero-order chi connectivity index (χ0) is 15.0. The SMILES string of the molecule is CC1=C[C@@]2(CO[C@H](c3ccccc3)O[C@@H]2C(C)C)NC1=O. The smallest absolute Gasteiger partial charge is 0.247 e. The second-order valence-electron chi connectivity index (χ2n) is 6.18. The lowest BCUT2D eigenvalue weighted by Gasteiger charge is -2.45. The fourth-order valence-corrected chi connectivity index (χ4v) is 3.16. The minimum atomic E-state index is -0.541. The molecule has 1 aromatic carbocycles. The number of carbonyl (C=O) groups is 1. The van der Waals surface area contributed by atoms with Gasteiger partial charge in [-0.1, -0.05) is 44.2 Å². The number of carbonyl (C=O) groups excluding carboxylic acids is 1. The van der Waals surface area contributed by atoms with Crippen LogP contribution in [0.5, 0.6) is 0 Å². The van der Waals surface area contributed by atoms with Crippen LogP contribution in [-0.2, 0) is 14.3 Å². The largest absolute Gasteiger partial charge is 0.345 e. The Balaban J connectivity index is 1.87. The molecule has 0 radical (unpaired) electrons. The third kappa shape index (κ3) is 2.49. The van der Waals surface area contributed by atoms with Gasteiger partial charge in [0.05, 0.1) is 12.7 Å². The number of nitrogens with one attached hydrogen (secondary N) is 1. The van der Waals surface area contributed by atoms with Gasteiger partial charge in [0.1, 0.15) is 5.54 Å². The molecule has 0 saturated carbocycles. The molecule has 2 heterocycles. The van der Waals surface area contributed by atoms with E-state index in [-0.39, 0.29) is 24.2 Å². The van der Waals surface area contributed by atoms with Crippen molar-refractivity contribution in [3.63, 3.8) is 0 Å². The first-order chi connectivity index (χ1) is 10.0. The van der Waals surface area contributed by atoms with Crippen LogP contribution in [0.25, 0.3) is 0 Å².